The maximum atomic E-state index is 12.5. The van der Waals surface area contributed by atoms with Crippen LogP contribution in [-0.2, 0) is 11.2 Å². The molecule has 0 atom stereocenters. The summed E-state index contributed by atoms with van der Waals surface area (Å²) in [6.45, 7) is 1.28. The van der Waals surface area contributed by atoms with Crippen molar-refractivity contribution in [3.63, 3.8) is 0 Å². The molecule has 0 unspecified atom stereocenters. The van der Waals surface area contributed by atoms with Crippen molar-refractivity contribution in [1.82, 2.24) is 0 Å². The van der Waals surface area contributed by atoms with Crippen molar-refractivity contribution in [1.29, 1.82) is 0 Å². The van der Waals surface area contributed by atoms with Crippen molar-refractivity contribution in [2.45, 2.75) is 12.8 Å². The number of nitrogens with one attached hydrogen (secondary N) is 1. The largest absolute Gasteiger partial charge is 0.490 e. The van der Waals surface area contributed by atoms with Crippen molar-refractivity contribution in [2.24, 2.45) is 0 Å². The molecule has 3 aromatic rings. The average molecular weight is 333 g/mol. The fourth-order valence-corrected chi connectivity index (χ4v) is 3.07. The van der Waals surface area contributed by atoms with Gasteiger partial charge in [-0.05, 0) is 28.5 Å². The molecule has 0 fully saturated rings. The number of carbonyl (C=O) groups excluding carboxylic acids is 1. The topological polar surface area (TPSA) is 47.6 Å². The van der Waals surface area contributed by atoms with Gasteiger partial charge >= 0.3 is 0 Å². The third-order valence-corrected chi connectivity index (χ3v) is 4.26. The van der Waals surface area contributed by atoms with Gasteiger partial charge in [-0.2, -0.15) is 0 Å². The quantitative estimate of drug-likeness (QED) is 0.782. The number of anilines is 1. The van der Waals surface area contributed by atoms with Crippen LogP contribution in [0.25, 0.3) is 10.8 Å². The number of rotatable bonds is 3. The Balaban J connectivity index is 1.51. The normalized spacial score (nSPS) is 13.3. The summed E-state index contributed by atoms with van der Waals surface area (Å²) in [5.41, 5.74) is 1.74. The molecule has 0 aromatic heterocycles. The molecule has 0 spiro atoms. The fourth-order valence-electron chi connectivity index (χ4n) is 3.07. The first-order valence-electron chi connectivity index (χ1n) is 8.46. The molecule has 0 saturated heterocycles. The van der Waals surface area contributed by atoms with Crippen molar-refractivity contribution < 1.29 is 14.3 Å². The summed E-state index contributed by atoms with van der Waals surface area (Å²) in [7, 11) is 0. The van der Waals surface area contributed by atoms with Crippen molar-refractivity contribution >= 4 is 22.4 Å². The van der Waals surface area contributed by atoms with Gasteiger partial charge in [0.2, 0.25) is 5.91 Å². The molecule has 0 saturated carbocycles. The molecule has 1 heterocycles. The van der Waals surface area contributed by atoms with Gasteiger partial charge in [-0.15, -0.1) is 0 Å². The first-order chi connectivity index (χ1) is 12.3. The summed E-state index contributed by atoms with van der Waals surface area (Å²) in [6.07, 6.45) is 1.19. The molecular formula is C21H19NO3. The van der Waals surface area contributed by atoms with Gasteiger partial charge in [-0.25, -0.2) is 0 Å². The Bertz CT molecular complexity index is 915. The highest BCUT2D eigenvalue weighted by molar-refractivity contribution is 5.96. The molecule has 4 heteroatoms. The minimum absolute atomic E-state index is 0.0501. The Hall–Kier alpha value is -3.01. The van der Waals surface area contributed by atoms with Crippen LogP contribution in [-0.4, -0.2) is 19.1 Å². The highest BCUT2D eigenvalue weighted by Gasteiger charge is 2.12. The predicted molar refractivity (Wildman–Crippen MR) is 98.3 cm³/mol. The lowest BCUT2D eigenvalue weighted by atomic mass is 10.0. The molecular weight excluding hydrogens is 314 g/mol. The van der Waals surface area contributed by atoms with Crippen molar-refractivity contribution in [3.8, 4) is 11.5 Å². The number of fused-ring (bicyclic) bond motifs is 2. The number of hydrogen-bond acceptors (Lipinski definition) is 3. The molecule has 1 aliphatic rings. The van der Waals surface area contributed by atoms with E-state index in [1.165, 1.54) is 0 Å². The van der Waals surface area contributed by atoms with Gasteiger partial charge in [-0.1, -0.05) is 42.5 Å². The van der Waals surface area contributed by atoms with Crippen LogP contribution in [0.2, 0.25) is 0 Å². The van der Waals surface area contributed by atoms with Gasteiger partial charge in [0.25, 0.3) is 0 Å². The fraction of sp³-hybridized carbons (Fsp3) is 0.190. The maximum Gasteiger partial charge on any atom is 0.228 e. The van der Waals surface area contributed by atoms with Crippen LogP contribution in [0.5, 0.6) is 11.5 Å². The molecule has 1 aliphatic heterocycles. The zero-order valence-corrected chi connectivity index (χ0v) is 13.8. The zero-order chi connectivity index (χ0) is 17.1. The number of ether oxygens (including phenoxy) is 2. The lowest BCUT2D eigenvalue weighted by Gasteiger charge is -2.11. The Morgan fingerprint density at radius 1 is 0.920 bits per heavy atom. The highest BCUT2D eigenvalue weighted by atomic mass is 16.5. The van der Waals surface area contributed by atoms with Crippen molar-refractivity contribution in [3.05, 3.63) is 66.2 Å². The zero-order valence-electron chi connectivity index (χ0n) is 13.8. The molecule has 4 rings (SSSR count). The standard InChI is InChI=1S/C21H19NO3/c23-21(13-16-7-3-6-15-5-1-2-8-18(15)16)22-17-9-10-19-20(14-17)25-12-4-11-24-19/h1-3,5-10,14H,4,11-13H2,(H,22,23). The molecule has 4 nitrogen and oxygen atoms in total. The van der Waals surface area contributed by atoms with E-state index in [-0.39, 0.29) is 5.91 Å². The summed E-state index contributed by atoms with van der Waals surface area (Å²) >= 11 is 0. The number of benzene rings is 3. The molecule has 0 bridgehead atoms. The van der Waals surface area contributed by atoms with Gasteiger partial charge in [0, 0.05) is 18.2 Å². The number of amides is 1. The average Bonchev–Trinajstić information content (AvgIpc) is 2.87. The van der Waals surface area contributed by atoms with E-state index in [1.807, 2.05) is 48.5 Å². The lowest BCUT2D eigenvalue weighted by Crippen LogP contribution is -2.14. The summed E-state index contributed by atoms with van der Waals surface area (Å²) < 4.78 is 11.3. The Kier molecular flexibility index (Phi) is 4.25. The Morgan fingerprint density at radius 3 is 2.64 bits per heavy atom. The van der Waals surface area contributed by atoms with Crippen LogP contribution in [0.1, 0.15) is 12.0 Å². The SMILES string of the molecule is O=C(Cc1cccc2ccccc12)Nc1ccc2c(c1)OCCCO2. The highest BCUT2D eigenvalue weighted by Crippen LogP contribution is 2.32. The second-order valence-corrected chi connectivity index (χ2v) is 6.08. The van der Waals surface area contributed by atoms with Crippen LogP contribution in [0, 0.1) is 0 Å². The molecule has 0 radical (unpaired) electrons. The first kappa shape index (κ1) is 15.5. The van der Waals surface area contributed by atoms with Crippen molar-refractivity contribution in [2.75, 3.05) is 18.5 Å². The van der Waals surface area contributed by atoms with Gasteiger partial charge < -0.3 is 14.8 Å². The first-order valence-corrected chi connectivity index (χ1v) is 8.46. The second kappa shape index (κ2) is 6.85. The van der Waals surface area contributed by atoms with Crippen LogP contribution in [0.3, 0.4) is 0 Å². The maximum absolute atomic E-state index is 12.5. The number of hydrogen-bond donors (Lipinski definition) is 1. The van der Waals surface area contributed by atoms with E-state index in [9.17, 15) is 4.79 Å². The summed E-state index contributed by atoms with van der Waals surface area (Å²) in [5.74, 6) is 1.36. The summed E-state index contributed by atoms with van der Waals surface area (Å²) in [4.78, 5) is 12.5. The van der Waals surface area contributed by atoms with Crippen LogP contribution in [0.4, 0.5) is 5.69 Å². The molecule has 1 amide bonds. The third-order valence-electron chi connectivity index (χ3n) is 4.26. The Morgan fingerprint density at radius 2 is 1.72 bits per heavy atom. The Labute approximate surface area is 146 Å². The van der Waals surface area contributed by atoms with Crippen LogP contribution in [0.15, 0.2) is 60.7 Å². The van der Waals surface area contributed by atoms with E-state index in [4.69, 9.17) is 9.47 Å². The lowest BCUT2D eigenvalue weighted by molar-refractivity contribution is -0.115. The van der Waals surface area contributed by atoms with E-state index in [1.54, 1.807) is 0 Å². The van der Waals surface area contributed by atoms with Crippen LogP contribution >= 0.6 is 0 Å². The molecule has 0 aliphatic carbocycles. The molecule has 3 aromatic carbocycles. The second-order valence-electron chi connectivity index (χ2n) is 6.08. The minimum atomic E-state index is -0.0501. The molecule has 25 heavy (non-hydrogen) atoms. The minimum Gasteiger partial charge on any atom is -0.490 e. The smallest absolute Gasteiger partial charge is 0.228 e. The van der Waals surface area contributed by atoms with Gasteiger partial charge in [0.1, 0.15) is 0 Å². The van der Waals surface area contributed by atoms with E-state index in [0.29, 0.717) is 25.4 Å². The van der Waals surface area contributed by atoms with E-state index < -0.39 is 0 Å². The van der Waals surface area contributed by atoms with Gasteiger partial charge in [0.15, 0.2) is 11.5 Å². The monoisotopic (exact) mass is 333 g/mol. The van der Waals surface area contributed by atoms with E-state index >= 15 is 0 Å². The van der Waals surface area contributed by atoms with Gasteiger partial charge in [-0.3, -0.25) is 4.79 Å². The molecule has 126 valence electrons. The third kappa shape index (κ3) is 3.43. The predicted octanol–water partition coefficient (Wildman–Crippen LogP) is 4.18. The van der Waals surface area contributed by atoms with Crippen LogP contribution < -0.4 is 14.8 Å². The van der Waals surface area contributed by atoms with Gasteiger partial charge in [0.05, 0.1) is 19.6 Å². The number of carbonyl (C=O) groups is 1. The van der Waals surface area contributed by atoms with E-state index in [2.05, 4.69) is 17.4 Å². The van der Waals surface area contributed by atoms with E-state index in [0.717, 1.165) is 34.2 Å². The molecule has 1 N–H and O–H groups in total. The summed E-state index contributed by atoms with van der Waals surface area (Å²) in [6, 6.07) is 19.6. The summed E-state index contributed by atoms with van der Waals surface area (Å²) in [5, 5.41) is 5.20.